The number of alkyl halides is 3. The van der Waals surface area contributed by atoms with Crippen molar-refractivity contribution in [1.82, 2.24) is 20.4 Å². The van der Waals surface area contributed by atoms with E-state index >= 15 is 0 Å². The number of aromatic amines is 1. The third-order valence-corrected chi connectivity index (χ3v) is 4.50. The second kappa shape index (κ2) is 9.99. The topological polar surface area (TPSA) is 53.2 Å². The maximum absolute atomic E-state index is 13.5. The van der Waals surface area contributed by atoms with Gasteiger partial charge in [0.05, 0.1) is 23.3 Å². The molecular formula is C21H29F3N4O. The maximum Gasteiger partial charge on any atom is 0.417 e. The highest BCUT2D eigenvalue weighted by molar-refractivity contribution is 5.43. The van der Waals surface area contributed by atoms with Crippen molar-refractivity contribution in [3.63, 3.8) is 0 Å². The molecule has 160 valence electrons. The Kier molecular flexibility index (Phi) is 7.94. The molecule has 2 rings (SSSR count). The van der Waals surface area contributed by atoms with E-state index in [1.54, 1.807) is 26.8 Å². The second-order valence-corrected chi connectivity index (χ2v) is 7.43. The number of nitrogens with zero attached hydrogens (tertiary/aromatic N) is 2. The van der Waals surface area contributed by atoms with Gasteiger partial charge in [-0.3, -0.25) is 5.10 Å². The van der Waals surface area contributed by atoms with Crippen molar-refractivity contribution in [3.8, 4) is 11.8 Å². The van der Waals surface area contributed by atoms with Crippen LogP contribution in [0.25, 0.3) is 0 Å². The summed E-state index contributed by atoms with van der Waals surface area (Å²) in [7, 11) is 3.90. The molecule has 0 aromatic carbocycles. The standard InChI is InChI=1S/C21H29F3N4O/c1-14(2)29-20-15(3)11-16(7-6-8-18(20)21(22,23)24)19-17(12-26-27-19)13-28(5)10-9-25-4/h11-12,14,16,25H,8-10,13H2,1-5H3,(H,26,27)/b15-11-,20-18-. The summed E-state index contributed by atoms with van der Waals surface area (Å²) in [6, 6.07) is 0. The van der Waals surface area contributed by atoms with E-state index < -0.39 is 24.1 Å². The van der Waals surface area contributed by atoms with E-state index in [2.05, 4.69) is 32.3 Å². The number of H-pyrrole nitrogens is 1. The predicted octanol–water partition coefficient (Wildman–Crippen LogP) is 3.74. The van der Waals surface area contributed by atoms with Gasteiger partial charge in [-0.05, 0) is 40.4 Å². The van der Waals surface area contributed by atoms with Crippen molar-refractivity contribution in [2.75, 3.05) is 27.2 Å². The minimum atomic E-state index is -4.49. The van der Waals surface area contributed by atoms with Gasteiger partial charge in [-0.2, -0.15) is 18.3 Å². The Bertz CT molecular complexity index is 812. The van der Waals surface area contributed by atoms with E-state index in [-0.39, 0.29) is 11.9 Å². The molecule has 8 heteroatoms. The fraction of sp³-hybridized carbons (Fsp3) is 0.571. The molecule has 1 unspecified atom stereocenters. The summed E-state index contributed by atoms with van der Waals surface area (Å²) < 4.78 is 46.2. The first-order valence-corrected chi connectivity index (χ1v) is 9.63. The zero-order valence-corrected chi connectivity index (χ0v) is 17.6. The van der Waals surface area contributed by atoms with Crippen molar-refractivity contribution < 1.29 is 17.9 Å². The molecule has 1 aliphatic rings. The Balaban J connectivity index is 2.37. The highest BCUT2D eigenvalue weighted by Crippen LogP contribution is 2.36. The number of allylic oxidation sites excluding steroid dienone is 3. The van der Waals surface area contributed by atoms with Gasteiger partial charge in [0.25, 0.3) is 0 Å². The number of aromatic nitrogens is 2. The summed E-state index contributed by atoms with van der Waals surface area (Å²) in [5.74, 6) is 5.11. The SMILES string of the molecule is CNCCN(C)Cc1c[nH]nc1C1C#CC/C(C(F)(F)F)=C(OC(C)C)\C(C)=C/1. The van der Waals surface area contributed by atoms with Gasteiger partial charge in [0.15, 0.2) is 0 Å². The monoisotopic (exact) mass is 410 g/mol. The number of hydrogen-bond donors (Lipinski definition) is 2. The molecule has 0 amide bonds. The average molecular weight is 410 g/mol. The van der Waals surface area contributed by atoms with Crippen molar-refractivity contribution in [1.29, 1.82) is 0 Å². The Morgan fingerprint density at radius 3 is 2.76 bits per heavy atom. The van der Waals surface area contributed by atoms with Gasteiger partial charge >= 0.3 is 6.18 Å². The lowest BCUT2D eigenvalue weighted by Crippen LogP contribution is -2.27. The first-order valence-electron chi connectivity index (χ1n) is 9.63. The zero-order chi connectivity index (χ0) is 21.6. The van der Waals surface area contributed by atoms with E-state index in [0.29, 0.717) is 12.1 Å². The van der Waals surface area contributed by atoms with Gasteiger partial charge in [-0.25, -0.2) is 0 Å². The van der Waals surface area contributed by atoms with Gasteiger partial charge in [0.2, 0.25) is 0 Å². The number of ether oxygens (including phenoxy) is 1. The van der Waals surface area contributed by atoms with Gasteiger partial charge in [-0.15, -0.1) is 0 Å². The van der Waals surface area contributed by atoms with Gasteiger partial charge in [0, 0.05) is 37.8 Å². The van der Waals surface area contributed by atoms with Gasteiger partial charge in [-0.1, -0.05) is 17.9 Å². The zero-order valence-electron chi connectivity index (χ0n) is 17.6. The normalized spacial score (nSPS) is 22.0. The first-order chi connectivity index (χ1) is 13.6. The van der Waals surface area contributed by atoms with Crippen LogP contribution in [0.2, 0.25) is 0 Å². The Morgan fingerprint density at radius 1 is 1.41 bits per heavy atom. The Morgan fingerprint density at radius 2 is 2.14 bits per heavy atom. The highest BCUT2D eigenvalue weighted by atomic mass is 19.4. The van der Waals surface area contributed by atoms with Crippen LogP contribution in [0.15, 0.2) is 29.2 Å². The largest absolute Gasteiger partial charge is 0.490 e. The average Bonchev–Trinajstić information content (AvgIpc) is 3.06. The Hall–Kier alpha value is -2.24. The molecule has 0 bridgehead atoms. The fourth-order valence-electron chi connectivity index (χ4n) is 3.10. The van der Waals surface area contributed by atoms with E-state index in [9.17, 15) is 13.2 Å². The molecular weight excluding hydrogens is 381 g/mol. The summed E-state index contributed by atoms with van der Waals surface area (Å²) in [6.07, 6.45) is -1.75. The molecule has 1 aromatic heterocycles. The minimum Gasteiger partial charge on any atom is -0.490 e. The lowest BCUT2D eigenvalue weighted by molar-refractivity contribution is -0.0968. The third kappa shape index (κ3) is 6.38. The van der Waals surface area contributed by atoms with Crippen molar-refractivity contribution in [2.45, 2.75) is 51.9 Å². The number of nitrogens with one attached hydrogen (secondary N) is 2. The van der Waals surface area contributed by atoms with E-state index in [4.69, 9.17) is 4.74 Å². The predicted molar refractivity (Wildman–Crippen MR) is 107 cm³/mol. The van der Waals surface area contributed by atoms with Crippen LogP contribution in [-0.2, 0) is 11.3 Å². The van der Waals surface area contributed by atoms with Crippen LogP contribution in [0.3, 0.4) is 0 Å². The third-order valence-electron chi connectivity index (χ3n) is 4.50. The summed E-state index contributed by atoms with van der Waals surface area (Å²) >= 11 is 0. The maximum atomic E-state index is 13.5. The summed E-state index contributed by atoms with van der Waals surface area (Å²) in [5, 5.41) is 10.3. The lowest BCUT2D eigenvalue weighted by atomic mass is 9.94. The molecule has 0 radical (unpaired) electrons. The van der Waals surface area contributed by atoms with Crippen LogP contribution < -0.4 is 5.32 Å². The minimum absolute atomic E-state index is 0.130. The molecule has 2 N–H and O–H groups in total. The molecule has 0 fully saturated rings. The van der Waals surface area contributed by atoms with Crippen molar-refractivity contribution >= 4 is 0 Å². The number of halogens is 3. The van der Waals surface area contributed by atoms with Crippen molar-refractivity contribution in [2.24, 2.45) is 0 Å². The second-order valence-electron chi connectivity index (χ2n) is 7.43. The summed E-state index contributed by atoms with van der Waals surface area (Å²) in [4.78, 5) is 2.15. The number of hydrogen-bond acceptors (Lipinski definition) is 4. The summed E-state index contributed by atoms with van der Waals surface area (Å²) in [6.45, 7) is 7.43. The van der Waals surface area contributed by atoms with Crippen LogP contribution in [0.4, 0.5) is 13.2 Å². The molecule has 0 saturated heterocycles. The molecule has 1 aromatic rings. The number of rotatable bonds is 8. The van der Waals surface area contributed by atoms with Crippen LogP contribution >= 0.6 is 0 Å². The lowest BCUT2D eigenvalue weighted by Gasteiger charge is -2.22. The molecule has 0 saturated carbocycles. The van der Waals surface area contributed by atoms with E-state index in [0.717, 1.165) is 24.3 Å². The van der Waals surface area contributed by atoms with Crippen LogP contribution in [0.5, 0.6) is 0 Å². The molecule has 5 nitrogen and oxygen atoms in total. The van der Waals surface area contributed by atoms with Crippen LogP contribution in [0, 0.1) is 11.8 Å². The molecule has 0 aliphatic heterocycles. The molecule has 1 atom stereocenters. The smallest absolute Gasteiger partial charge is 0.417 e. The van der Waals surface area contributed by atoms with Crippen LogP contribution in [0.1, 0.15) is 44.4 Å². The molecule has 29 heavy (non-hydrogen) atoms. The molecule has 1 aliphatic carbocycles. The fourth-order valence-corrected chi connectivity index (χ4v) is 3.10. The quantitative estimate of drug-likeness (QED) is 0.641. The Labute approximate surface area is 170 Å². The van der Waals surface area contributed by atoms with Crippen LogP contribution in [-0.4, -0.2) is 54.6 Å². The van der Waals surface area contributed by atoms with Crippen molar-refractivity contribution in [3.05, 3.63) is 40.4 Å². The van der Waals surface area contributed by atoms with E-state index in [1.165, 1.54) is 0 Å². The first kappa shape index (κ1) is 23.0. The number of likely N-dealkylation sites (N-methyl/N-ethyl adjacent to an activating group) is 2. The molecule has 0 spiro atoms. The molecule has 1 heterocycles. The van der Waals surface area contributed by atoms with Gasteiger partial charge < -0.3 is 15.0 Å². The highest BCUT2D eigenvalue weighted by Gasteiger charge is 2.38. The van der Waals surface area contributed by atoms with E-state index in [1.807, 2.05) is 20.3 Å². The van der Waals surface area contributed by atoms with Gasteiger partial charge in [0.1, 0.15) is 5.76 Å². The summed E-state index contributed by atoms with van der Waals surface area (Å²) in [5.41, 5.74) is 1.38.